The Balaban J connectivity index is 1.55. The lowest BCUT2D eigenvalue weighted by molar-refractivity contribution is -0.0497. The molecule has 2 aromatic rings. The number of piperidine rings is 1. The van der Waals surface area contributed by atoms with Gasteiger partial charge >= 0.3 is 6.09 Å². The molecule has 1 aromatic carbocycles. The van der Waals surface area contributed by atoms with E-state index in [2.05, 4.69) is 31.2 Å². The Bertz CT molecular complexity index is 1040. The highest BCUT2D eigenvalue weighted by Gasteiger charge is 2.47. The van der Waals surface area contributed by atoms with Gasteiger partial charge in [-0.25, -0.2) is 4.79 Å². The van der Waals surface area contributed by atoms with Crippen LogP contribution in [0.25, 0.3) is 5.57 Å². The second-order valence-electron chi connectivity index (χ2n) is 8.54. The number of likely N-dealkylation sites (tertiary alicyclic amines) is 1. The lowest BCUT2D eigenvalue weighted by Gasteiger charge is -2.45. The molecule has 0 N–H and O–H groups in total. The van der Waals surface area contributed by atoms with Gasteiger partial charge in [0.1, 0.15) is 18.0 Å². The molecule has 1 spiro atoms. The van der Waals surface area contributed by atoms with E-state index in [9.17, 15) is 4.79 Å². The quantitative estimate of drug-likeness (QED) is 0.630. The summed E-state index contributed by atoms with van der Waals surface area (Å²) in [5.41, 5.74) is 3.69. The number of carbonyl (C=O) groups is 1. The van der Waals surface area contributed by atoms with Crippen LogP contribution in [0.1, 0.15) is 56.5 Å². The van der Waals surface area contributed by atoms with Gasteiger partial charge in [-0.05, 0) is 32.4 Å². The minimum Gasteiger partial charge on any atom is -0.482 e. The third-order valence-corrected chi connectivity index (χ3v) is 6.19. The summed E-state index contributed by atoms with van der Waals surface area (Å²) in [7, 11) is 0. The van der Waals surface area contributed by atoms with Gasteiger partial charge in [0, 0.05) is 43.1 Å². The van der Waals surface area contributed by atoms with E-state index in [1.807, 2.05) is 49.5 Å². The molecule has 2 aliphatic heterocycles. The number of carbonyl (C=O) groups excluding carboxylic acids is 1. The molecular formula is C26H31N3O3. The molecule has 6 nitrogen and oxygen atoms in total. The predicted octanol–water partition coefficient (Wildman–Crippen LogP) is 5.60. The van der Waals surface area contributed by atoms with Crippen LogP contribution in [0.3, 0.4) is 0 Å². The van der Waals surface area contributed by atoms with Crippen molar-refractivity contribution in [2.24, 2.45) is 0 Å². The first kappa shape index (κ1) is 21.9. The van der Waals surface area contributed by atoms with Crippen LogP contribution < -0.4 is 0 Å². The summed E-state index contributed by atoms with van der Waals surface area (Å²) in [6, 6.07) is 9.96. The Morgan fingerprint density at radius 3 is 2.62 bits per heavy atom. The van der Waals surface area contributed by atoms with Crippen LogP contribution in [0, 0.1) is 0 Å². The largest absolute Gasteiger partial charge is 0.482 e. The van der Waals surface area contributed by atoms with E-state index < -0.39 is 5.60 Å². The Hall–Kier alpha value is -3.28. The van der Waals surface area contributed by atoms with Crippen LogP contribution >= 0.6 is 0 Å². The first-order valence-corrected chi connectivity index (χ1v) is 11.2. The Morgan fingerprint density at radius 1 is 1.28 bits per heavy atom. The van der Waals surface area contributed by atoms with Crippen molar-refractivity contribution in [1.82, 2.24) is 14.7 Å². The SMILES string of the molecule is C=CC=C1OC2(CCN(C(=O)OCc3ccccc3)CC2)c2cnn(C(C)C)c2C1=CC. The molecule has 0 saturated carbocycles. The Labute approximate surface area is 189 Å². The number of benzene rings is 1. The van der Waals surface area contributed by atoms with Gasteiger partial charge in [0.25, 0.3) is 0 Å². The van der Waals surface area contributed by atoms with Crippen LogP contribution in [0.2, 0.25) is 0 Å². The average Bonchev–Trinajstić information content (AvgIpc) is 3.26. The van der Waals surface area contributed by atoms with E-state index >= 15 is 0 Å². The van der Waals surface area contributed by atoms with Crippen LogP contribution in [-0.4, -0.2) is 33.9 Å². The predicted molar refractivity (Wildman–Crippen MR) is 125 cm³/mol. The third-order valence-electron chi connectivity index (χ3n) is 6.19. The minimum absolute atomic E-state index is 0.224. The van der Waals surface area contributed by atoms with Gasteiger partial charge in [-0.15, -0.1) is 0 Å². The molecule has 0 bridgehead atoms. The van der Waals surface area contributed by atoms with E-state index in [1.165, 1.54) is 0 Å². The molecule has 0 unspecified atom stereocenters. The molecule has 0 radical (unpaired) electrons. The molecular weight excluding hydrogens is 402 g/mol. The number of rotatable bonds is 4. The van der Waals surface area contributed by atoms with Gasteiger partial charge in [0.2, 0.25) is 0 Å². The van der Waals surface area contributed by atoms with E-state index in [0.29, 0.717) is 25.9 Å². The van der Waals surface area contributed by atoms with Gasteiger partial charge in [-0.1, -0.05) is 49.1 Å². The van der Waals surface area contributed by atoms with Crippen molar-refractivity contribution in [3.05, 3.63) is 83.9 Å². The Morgan fingerprint density at radius 2 is 2.00 bits per heavy atom. The number of ether oxygens (including phenoxy) is 2. The van der Waals surface area contributed by atoms with Crippen molar-refractivity contribution >= 4 is 11.7 Å². The van der Waals surface area contributed by atoms with Crippen molar-refractivity contribution in [3.8, 4) is 0 Å². The van der Waals surface area contributed by atoms with Gasteiger partial charge in [-0.3, -0.25) is 4.68 Å². The number of nitrogens with zero attached hydrogens (tertiary/aromatic N) is 3. The second kappa shape index (κ2) is 9.07. The summed E-state index contributed by atoms with van der Waals surface area (Å²) in [6.45, 7) is 11.5. The Kier molecular flexibility index (Phi) is 6.21. The molecule has 0 atom stereocenters. The summed E-state index contributed by atoms with van der Waals surface area (Å²) in [5, 5.41) is 4.69. The van der Waals surface area contributed by atoms with Gasteiger partial charge in [-0.2, -0.15) is 5.10 Å². The van der Waals surface area contributed by atoms with Crippen LogP contribution in [0.15, 0.2) is 67.1 Å². The van der Waals surface area contributed by atoms with Crippen molar-refractivity contribution in [2.75, 3.05) is 13.1 Å². The molecule has 2 aliphatic rings. The number of allylic oxidation sites excluding steroid dienone is 4. The first-order valence-electron chi connectivity index (χ1n) is 11.2. The maximum atomic E-state index is 12.7. The molecule has 168 valence electrons. The highest BCUT2D eigenvalue weighted by Crippen LogP contribution is 2.49. The summed E-state index contributed by atoms with van der Waals surface area (Å²) in [6.07, 6.45) is 8.74. The molecule has 1 fully saturated rings. The molecule has 6 heteroatoms. The monoisotopic (exact) mass is 433 g/mol. The lowest BCUT2D eigenvalue weighted by Crippen LogP contribution is -2.48. The minimum atomic E-state index is -0.514. The first-order chi connectivity index (χ1) is 15.5. The zero-order chi connectivity index (χ0) is 22.7. The van der Waals surface area contributed by atoms with Gasteiger partial charge < -0.3 is 14.4 Å². The van der Waals surface area contributed by atoms with Crippen LogP contribution in [0.4, 0.5) is 4.79 Å². The maximum Gasteiger partial charge on any atom is 0.410 e. The molecule has 1 amide bonds. The number of hydrogen-bond donors (Lipinski definition) is 0. The fourth-order valence-corrected chi connectivity index (χ4v) is 4.54. The van der Waals surface area contributed by atoms with E-state index in [4.69, 9.17) is 14.6 Å². The van der Waals surface area contributed by atoms with E-state index in [-0.39, 0.29) is 18.7 Å². The second-order valence-corrected chi connectivity index (χ2v) is 8.54. The zero-order valence-electron chi connectivity index (χ0n) is 19.1. The molecule has 32 heavy (non-hydrogen) atoms. The molecule has 1 aromatic heterocycles. The summed E-state index contributed by atoms with van der Waals surface area (Å²) < 4.78 is 14.2. The van der Waals surface area contributed by atoms with Crippen molar-refractivity contribution in [2.45, 2.75) is 51.9 Å². The zero-order valence-corrected chi connectivity index (χ0v) is 19.1. The number of amides is 1. The fourth-order valence-electron chi connectivity index (χ4n) is 4.54. The van der Waals surface area contributed by atoms with E-state index in [0.717, 1.165) is 28.2 Å². The summed E-state index contributed by atoms with van der Waals surface area (Å²) >= 11 is 0. The van der Waals surface area contributed by atoms with Crippen molar-refractivity contribution in [3.63, 3.8) is 0 Å². The standard InChI is InChI=1S/C26H31N3O3/c1-5-10-23-21(6-2)24-22(17-27-29(24)19(3)4)26(32-23)13-15-28(16-14-26)25(30)31-18-20-11-8-7-9-12-20/h5-12,17,19H,1,13-16,18H2,2-4H3. The maximum absolute atomic E-state index is 12.7. The van der Waals surface area contributed by atoms with Crippen LogP contribution in [-0.2, 0) is 21.7 Å². The summed E-state index contributed by atoms with van der Waals surface area (Å²) in [5.74, 6) is 0.803. The number of hydrogen-bond acceptors (Lipinski definition) is 4. The number of fused-ring (bicyclic) bond motifs is 2. The van der Waals surface area contributed by atoms with Gasteiger partial charge in [0.05, 0.1) is 11.9 Å². The fraction of sp³-hybridized carbons (Fsp3) is 0.385. The smallest absolute Gasteiger partial charge is 0.410 e. The molecule has 4 rings (SSSR count). The third kappa shape index (κ3) is 3.97. The molecule has 0 aliphatic carbocycles. The number of aromatic nitrogens is 2. The topological polar surface area (TPSA) is 56.6 Å². The van der Waals surface area contributed by atoms with Crippen molar-refractivity contribution < 1.29 is 14.3 Å². The molecule has 3 heterocycles. The van der Waals surface area contributed by atoms with Gasteiger partial charge in [0.15, 0.2) is 0 Å². The van der Waals surface area contributed by atoms with E-state index in [1.54, 1.807) is 11.0 Å². The van der Waals surface area contributed by atoms with Crippen molar-refractivity contribution in [1.29, 1.82) is 0 Å². The van der Waals surface area contributed by atoms with Crippen LogP contribution in [0.5, 0.6) is 0 Å². The average molecular weight is 434 g/mol. The highest BCUT2D eigenvalue weighted by molar-refractivity contribution is 5.80. The lowest BCUT2D eigenvalue weighted by atomic mass is 9.80. The normalized spacial score (nSPS) is 19.8. The summed E-state index contributed by atoms with van der Waals surface area (Å²) in [4.78, 5) is 14.4. The molecule has 1 saturated heterocycles. The highest BCUT2D eigenvalue weighted by atomic mass is 16.6.